The van der Waals surface area contributed by atoms with Crippen molar-refractivity contribution >= 4 is 39.5 Å². The third kappa shape index (κ3) is 62.6. The van der Waals surface area contributed by atoms with Crippen LogP contribution in [0.3, 0.4) is 0 Å². The van der Waals surface area contributed by atoms with Crippen molar-refractivity contribution in [3.63, 3.8) is 0 Å². The van der Waals surface area contributed by atoms with Gasteiger partial charge in [0.05, 0.1) is 26.4 Å². The zero-order valence-electron chi connectivity index (χ0n) is 56.5. The summed E-state index contributed by atoms with van der Waals surface area (Å²) in [6.07, 6.45) is 41.7. The SMILES string of the molecule is CCCCCCCCCCCCCCC(=O)O[C@H](COC(=O)CCCCCCCCC(C)C)COP(=O)(O)OC[C@H](O)COP(=O)(O)OC[C@@H](COC(=O)CCCCCCCCCCCC(C)C)OC(=O)CCCCCCCCCCCCCC(C)C. The Hall–Kier alpha value is -1.94. The minimum atomic E-state index is -4.95. The van der Waals surface area contributed by atoms with Crippen LogP contribution in [0.4, 0.5) is 0 Å². The second-order valence-corrected chi connectivity index (χ2v) is 28.9. The maximum Gasteiger partial charge on any atom is 0.472 e. The molecule has 516 valence electrons. The van der Waals surface area contributed by atoms with Gasteiger partial charge in [-0.2, -0.15) is 0 Å². The first kappa shape index (κ1) is 85.1. The fourth-order valence-corrected chi connectivity index (χ4v) is 11.8. The van der Waals surface area contributed by atoms with E-state index in [1.807, 2.05) is 0 Å². The number of rotatable bonds is 66. The van der Waals surface area contributed by atoms with Gasteiger partial charge in [0, 0.05) is 25.7 Å². The summed E-state index contributed by atoms with van der Waals surface area (Å²) in [5.41, 5.74) is 0. The number of hydrogen-bond donors (Lipinski definition) is 3. The van der Waals surface area contributed by atoms with Crippen molar-refractivity contribution in [1.29, 1.82) is 0 Å². The molecule has 0 rings (SSSR count). The first-order chi connectivity index (χ1) is 41.7. The molecule has 2 unspecified atom stereocenters. The third-order valence-corrected chi connectivity index (χ3v) is 17.5. The largest absolute Gasteiger partial charge is 0.472 e. The molecule has 0 aromatic carbocycles. The highest BCUT2D eigenvalue weighted by atomic mass is 31.2. The number of carbonyl (C=O) groups is 4. The Kier molecular flexibility index (Phi) is 57.8. The number of phosphoric ester groups is 2. The van der Waals surface area contributed by atoms with Crippen LogP contribution in [-0.2, 0) is 65.4 Å². The molecule has 0 aliphatic carbocycles. The first-order valence-electron chi connectivity index (χ1n) is 35.3. The Morgan fingerprint density at radius 1 is 0.310 bits per heavy atom. The summed E-state index contributed by atoms with van der Waals surface area (Å²) in [6.45, 7) is 11.7. The molecule has 0 saturated carbocycles. The first-order valence-corrected chi connectivity index (χ1v) is 38.3. The fraction of sp³-hybridized carbons (Fsp3) is 0.941. The molecule has 19 heteroatoms. The van der Waals surface area contributed by atoms with Crippen molar-refractivity contribution in [1.82, 2.24) is 0 Å². The van der Waals surface area contributed by atoms with Gasteiger partial charge in [0.2, 0.25) is 0 Å². The Morgan fingerprint density at radius 2 is 0.529 bits per heavy atom. The molecule has 17 nitrogen and oxygen atoms in total. The Labute approximate surface area is 530 Å². The van der Waals surface area contributed by atoms with Gasteiger partial charge in [-0.3, -0.25) is 37.3 Å². The number of aliphatic hydroxyl groups excluding tert-OH is 1. The average molecular weight is 1280 g/mol. The monoisotopic (exact) mass is 1280 g/mol. The van der Waals surface area contributed by atoms with E-state index in [2.05, 4.69) is 48.5 Å². The number of phosphoric acid groups is 2. The van der Waals surface area contributed by atoms with Gasteiger partial charge in [0.15, 0.2) is 12.2 Å². The van der Waals surface area contributed by atoms with E-state index < -0.39 is 97.5 Å². The summed E-state index contributed by atoms with van der Waals surface area (Å²) in [6, 6.07) is 0. The number of unbranched alkanes of at least 4 members (excludes halogenated alkanes) is 34. The quantitative estimate of drug-likeness (QED) is 0.0222. The van der Waals surface area contributed by atoms with Crippen LogP contribution in [0.1, 0.15) is 337 Å². The highest BCUT2D eigenvalue weighted by Crippen LogP contribution is 2.45. The van der Waals surface area contributed by atoms with Crippen LogP contribution in [0.2, 0.25) is 0 Å². The highest BCUT2D eigenvalue weighted by molar-refractivity contribution is 7.47. The molecule has 0 fully saturated rings. The predicted molar refractivity (Wildman–Crippen MR) is 349 cm³/mol. The fourth-order valence-electron chi connectivity index (χ4n) is 10.2. The zero-order chi connectivity index (χ0) is 64.5. The van der Waals surface area contributed by atoms with Crippen molar-refractivity contribution in [2.45, 2.75) is 356 Å². The van der Waals surface area contributed by atoms with Gasteiger partial charge < -0.3 is 33.8 Å². The lowest BCUT2D eigenvalue weighted by atomic mass is 10.0. The molecule has 0 aromatic heterocycles. The number of aliphatic hydroxyl groups is 1. The maximum absolute atomic E-state index is 13.0. The van der Waals surface area contributed by atoms with Crippen LogP contribution < -0.4 is 0 Å². The molecule has 87 heavy (non-hydrogen) atoms. The van der Waals surface area contributed by atoms with Crippen LogP contribution >= 0.6 is 15.6 Å². The standard InChI is InChI=1S/C68H132O17P2/c1-8-9-10-11-12-13-14-17-22-28-37-44-51-67(72)85-64(56-79-66(71)50-43-36-31-30-34-41-48-61(6)7)58-83-87(76,77)81-54-62(69)53-80-86(74,75)82-57-63(55-78-65(70)49-42-35-27-24-19-21-26-33-40-47-60(4)5)84-68(73)52-45-38-29-23-18-15-16-20-25-32-39-46-59(2)3/h59-64,69H,8-58H2,1-7H3,(H,74,75)(H,76,77)/t62-,63-,64-/m1/s1. The number of hydrogen-bond acceptors (Lipinski definition) is 15. The molecule has 0 bridgehead atoms. The number of ether oxygens (including phenoxy) is 4. The van der Waals surface area contributed by atoms with E-state index in [4.69, 9.17) is 37.0 Å². The number of carbonyl (C=O) groups excluding carboxylic acids is 4. The average Bonchev–Trinajstić information content (AvgIpc) is 3.68. The van der Waals surface area contributed by atoms with Crippen LogP contribution in [0.15, 0.2) is 0 Å². The van der Waals surface area contributed by atoms with E-state index >= 15 is 0 Å². The second-order valence-electron chi connectivity index (χ2n) is 26.0. The molecule has 0 spiro atoms. The van der Waals surface area contributed by atoms with E-state index in [-0.39, 0.29) is 25.7 Å². The Balaban J connectivity index is 5.25. The summed E-state index contributed by atoms with van der Waals surface area (Å²) in [5.74, 6) is 0.0586. The van der Waals surface area contributed by atoms with Crippen molar-refractivity contribution in [3.8, 4) is 0 Å². The number of esters is 4. The van der Waals surface area contributed by atoms with Gasteiger partial charge in [-0.15, -0.1) is 0 Å². The van der Waals surface area contributed by atoms with E-state index in [1.165, 1.54) is 141 Å². The molecule has 0 radical (unpaired) electrons. The lowest BCUT2D eigenvalue weighted by Crippen LogP contribution is -2.30. The van der Waals surface area contributed by atoms with Crippen LogP contribution in [0, 0.1) is 17.8 Å². The van der Waals surface area contributed by atoms with Gasteiger partial charge >= 0.3 is 39.5 Å². The van der Waals surface area contributed by atoms with Gasteiger partial charge in [-0.25, -0.2) is 9.13 Å². The van der Waals surface area contributed by atoms with Gasteiger partial charge in [0.1, 0.15) is 19.3 Å². The molecule has 0 aliphatic rings. The third-order valence-electron chi connectivity index (χ3n) is 15.6. The van der Waals surface area contributed by atoms with Gasteiger partial charge in [0.25, 0.3) is 0 Å². The summed E-state index contributed by atoms with van der Waals surface area (Å²) < 4.78 is 68.2. The molecule has 5 atom stereocenters. The van der Waals surface area contributed by atoms with Crippen LogP contribution in [-0.4, -0.2) is 96.7 Å². The molecular weight excluding hydrogens is 1150 g/mol. The van der Waals surface area contributed by atoms with Gasteiger partial charge in [-0.1, -0.05) is 286 Å². The van der Waals surface area contributed by atoms with Crippen LogP contribution in [0.25, 0.3) is 0 Å². The summed E-state index contributed by atoms with van der Waals surface area (Å²) in [4.78, 5) is 72.4. The lowest BCUT2D eigenvalue weighted by Gasteiger charge is -2.21. The second kappa shape index (κ2) is 59.1. The maximum atomic E-state index is 13.0. The molecule has 3 N–H and O–H groups in total. The van der Waals surface area contributed by atoms with Gasteiger partial charge in [-0.05, 0) is 43.4 Å². The molecule has 0 aliphatic heterocycles. The van der Waals surface area contributed by atoms with Crippen molar-refractivity contribution in [3.05, 3.63) is 0 Å². The Bertz CT molecular complexity index is 1720. The molecule has 0 heterocycles. The minimum absolute atomic E-state index is 0.106. The normalized spacial score (nSPS) is 14.3. The topological polar surface area (TPSA) is 237 Å². The van der Waals surface area contributed by atoms with E-state index in [0.29, 0.717) is 31.6 Å². The summed E-state index contributed by atoms with van der Waals surface area (Å²) >= 11 is 0. The molecule has 0 amide bonds. The highest BCUT2D eigenvalue weighted by Gasteiger charge is 2.30. The molecule has 0 saturated heterocycles. The predicted octanol–water partition coefficient (Wildman–Crippen LogP) is 19.1. The van der Waals surface area contributed by atoms with Crippen molar-refractivity contribution < 1.29 is 80.2 Å². The summed E-state index contributed by atoms with van der Waals surface area (Å²) in [5, 5.41) is 10.6. The lowest BCUT2D eigenvalue weighted by molar-refractivity contribution is -0.161. The van der Waals surface area contributed by atoms with Crippen LogP contribution in [0.5, 0.6) is 0 Å². The Morgan fingerprint density at radius 3 is 0.782 bits per heavy atom. The van der Waals surface area contributed by atoms with E-state index in [9.17, 15) is 43.2 Å². The summed E-state index contributed by atoms with van der Waals surface area (Å²) in [7, 11) is -9.90. The van der Waals surface area contributed by atoms with E-state index in [1.54, 1.807) is 0 Å². The minimum Gasteiger partial charge on any atom is -0.462 e. The van der Waals surface area contributed by atoms with E-state index in [0.717, 1.165) is 108 Å². The smallest absolute Gasteiger partial charge is 0.462 e. The molecular formula is C68H132O17P2. The van der Waals surface area contributed by atoms with Crippen molar-refractivity contribution in [2.24, 2.45) is 17.8 Å². The van der Waals surface area contributed by atoms with Crippen molar-refractivity contribution in [2.75, 3.05) is 39.6 Å². The molecule has 0 aromatic rings. The zero-order valence-corrected chi connectivity index (χ0v) is 58.3.